The number of imidazole rings is 1. The average molecular weight is 424 g/mol. The van der Waals surface area contributed by atoms with Gasteiger partial charge in [-0.3, -0.25) is 9.59 Å². The minimum absolute atomic E-state index is 0.0179. The standard InChI is InChI=1S/C20H17FN6O2S/c1-26-11-9-22-20(26)30-17-7-6-13(21)12-16(17)23-18(28)8-10-27-19(29)14-4-2-3-5-15(14)24-25-27/h2-7,9,11-12H,8,10H2,1H3,(H,23,28). The smallest absolute Gasteiger partial charge is 0.277 e. The van der Waals surface area contributed by atoms with E-state index in [0.29, 0.717) is 26.6 Å². The number of hydrogen-bond donors (Lipinski definition) is 1. The Balaban J connectivity index is 1.48. The molecule has 0 radical (unpaired) electrons. The monoisotopic (exact) mass is 424 g/mol. The highest BCUT2D eigenvalue weighted by atomic mass is 32.2. The van der Waals surface area contributed by atoms with Gasteiger partial charge in [-0.2, -0.15) is 0 Å². The highest BCUT2D eigenvalue weighted by Gasteiger charge is 2.13. The highest BCUT2D eigenvalue weighted by molar-refractivity contribution is 7.99. The number of hydrogen-bond acceptors (Lipinski definition) is 6. The number of benzene rings is 2. The second kappa shape index (κ2) is 8.46. The van der Waals surface area contributed by atoms with E-state index in [9.17, 15) is 14.0 Å². The van der Waals surface area contributed by atoms with Crippen LogP contribution in [0.15, 0.2) is 69.7 Å². The number of aromatic nitrogens is 5. The summed E-state index contributed by atoms with van der Waals surface area (Å²) in [5.41, 5.74) is 0.522. The first kappa shape index (κ1) is 19.8. The number of nitrogens with zero attached hydrogens (tertiary/aromatic N) is 5. The normalized spacial score (nSPS) is 11.0. The molecular weight excluding hydrogens is 407 g/mol. The van der Waals surface area contributed by atoms with Crippen LogP contribution in [-0.4, -0.2) is 30.5 Å². The third kappa shape index (κ3) is 4.23. The molecule has 2 aromatic carbocycles. The summed E-state index contributed by atoms with van der Waals surface area (Å²) in [6.45, 7) is 0.0552. The van der Waals surface area contributed by atoms with Crippen molar-refractivity contribution in [1.29, 1.82) is 0 Å². The number of fused-ring (bicyclic) bond motifs is 1. The second-order valence-electron chi connectivity index (χ2n) is 6.50. The third-order valence-corrected chi connectivity index (χ3v) is 5.53. The molecule has 4 aromatic rings. The van der Waals surface area contributed by atoms with Crippen molar-refractivity contribution in [2.45, 2.75) is 23.0 Å². The maximum atomic E-state index is 13.8. The minimum Gasteiger partial charge on any atom is -0.329 e. The molecule has 0 aliphatic rings. The summed E-state index contributed by atoms with van der Waals surface area (Å²) in [5.74, 6) is -0.838. The predicted molar refractivity (Wildman–Crippen MR) is 111 cm³/mol. The number of carbonyl (C=O) groups excluding carboxylic acids is 1. The molecule has 0 saturated carbocycles. The van der Waals surface area contributed by atoms with Crippen molar-refractivity contribution in [2.24, 2.45) is 7.05 Å². The number of aryl methyl sites for hydroxylation is 2. The van der Waals surface area contributed by atoms with Crippen LogP contribution in [0, 0.1) is 5.82 Å². The van der Waals surface area contributed by atoms with Gasteiger partial charge < -0.3 is 9.88 Å². The van der Waals surface area contributed by atoms with Crippen molar-refractivity contribution in [3.8, 4) is 0 Å². The first-order chi connectivity index (χ1) is 14.5. The van der Waals surface area contributed by atoms with E-state index < -0.39 is 5.82 Å². The number of amides is 1. The van der Waals surface area contributed by atoms with Crippen LogP contribution < -0.4 is 10.9 Å². The number of anilines is 1. The number of rotatable bonds is 6. The summed E-state index contributed by atoms with van der Waals surface area (Å²) in [7, 11) is 1.85. The zero-order valence-corrected chi connectivity index (χ0v) is 16.8. The van der Waals surface area contributed by atoms with Gasteiger partial charge in [0, 0.05) is 30.8 Å². The van der Waals surface area contributed by atoms with E-state index in [1.54, 1.807) is 42.7 Å². The van der Waals surface area contributed by atoms with Crippen molar-refractivity contribution < 1.29 is 9.18 Å². The maximum Gasteiger partial charge on any atom is 0.277 e. The Kier molecular flexibility index (Phi) is 5.57. The third-order valence-electron chi connectivity index (χ3n) is 4.37. The number of nitrogens with one attached hydrogen (secondary N) is 1. The molecule has 10 heteroatoms. The summed E-state index contributed by atoms with van der Waals surface area (Å²) >= 11 is 1.31. The Bertz CT molecular complexity index is 1290. The van der Waals surface area contributed by atoms with Gasteiger partial charge in [0.05, 0.1) is 17.6 Å². The van der Waals surface area contributed by atoms with Gasteiger partial charge in [0.1, 0.15) is 11.3 Å². The fraction of sp³-hybridized carbons (Fsp3) is 0.150. The predicted octanol–water partition coefficient (Wildman–Crippen LogP) is 2.84. The molecule has 0 aliphatic heterocycles. The molecule has 152 valence electrons. The van der Waals surface area contributed by atoms with Gasteiger partial charge in [-0.25, -0.2) is 14.1 Å². The molecule has 4 rings (SSSR count). The SMILES string of the molecule is Cn1ccnc1Sc1ccc(F)cc1NC(=O)CCn1nnc2ccccc2c1=O. The van der Waals surface area contributed by atoms with E-state index in [2.05, 4.69) is 20.6 Å². The van der Waals surface area contributed by atoms with E-state index in [1.165, 1.54) is 23.9 Å². The minimum atomic E-state index is -0.467. The van der Waals surface area contributed by atoms with Crippen molar-refractivity contribution in [3.63, 3.8) is 0 Å². The summed E-state index contributed by atoms with van der Waals surface area (Å²) in [4.78, 5) is 29.8. The van der Waals surface area contributed by atoms with Gasteiger partial charge in [0.15, 0.2) is 5.16 Å². The lowest BCUT2D eigenvalue weighted by atomic mass is 10.2. The Hall–Kier alpha value is -3.53. The van der Waals surface area contributed by atoms with Crippen molar-refractivity contribution in [3.05, 3.63) is 71.0 Å². The largest absolute Gasteiger partial charge is 0.329 e. The molecule has 2 aromatic heterocycles. The fourth-order valence-electron chi connectivity index (χ4n) is 2.83. The molecule has 0 aliphatic carbocycles. The first-order valence-electron chi connectivity index (χ1n) is 9.08. The average Bonchev–Trinajstić information content (AvgIpc) is 3.14. The Morgan fingerprint density at radius 1 is 1.23 bits per heavy atom. The lowest BCUT2D eigenvalue weighted by molar-refractivity contribution is -0.116. The summed E-state index contributed by atoms with van der Waals surface area (Å²) in [6.07, 6.45) is 3.44. The van der Waals surface area contributed by atoms with Crippen molar-refractivity contribution >= 4 is 34.3 Å². The van der Waals surface area contributed by atoms with Crippen LogP contribution in [0.1, 0.15) is 6.42 Å². The van der Waals surface area contributed by atoms with Crippen LogP contribution in [0.5, 0.6) is 0 Å². The highest BCUT2D eigenvalue weighted by Crippen LogP contribution is 2.32. The van der Waals surface area contributed by atoms with Gasteiger partial charge in [-0.1, -0.05) is 17.3 Å². The van der Waals surface area contributed by atoms with Gasteiger partial charge >= 0.3 is 0 Å². The van der Waals surface area contributed by atoms with Crippen molar-refractivity contribution in [1.82, 2.24) is 24.5 Å². The molecule has 1 N–H and O–H groups in total. The van der Waals surface area contributed by atoms with E-state index in [4.69, 9.17) is 0 Å². The maximum absolute atomic E-state index is 13.8. The second-order valence-corrected chi connectivity index (χ2v) is 7.51. The Morgan fingerprint density at radius 2 is 2.07 bits per heavy atom. The summed E-state index contributed by atoms with van der Waals surface area (Å²) in [5, 5.41) is 11.7. The topological polar surface area (TPSA) is 94.7 Å². The van der Waals surface area contributed by atoms with E-state index >= 15 is 0 Å². The molecule has 0 saturated heterocycles. The first-order valence-corrected chi connectivity index (χ1v) is 9.90. The summed E-state index contributed by atoms with van der Waals surface area (Å²) in [6, 6.07) is 11.0. The Labute approximate surface area is 174 Å². The van der Waals surface area contributed by atoms with Gasteiger partial charge in [-0.05, 0) is 42.1 Å². The summed E-state index contributed by atoms with van der Waals surface area (Å²) < 4.78 is 16.7. The number of halogens is 1. The fourth-order valence-corrected chi connectivity index (χ4v) is 3.70. The number of carbonyl (C=O) groups is 1. The molecule has 0 atom stereocenters. The molecule has 2 heterocycles. The Morgan fingerprint density at radius 3 is 2.87 bits per heavy atom. The molecule has 0 fully saturated rings. The molecule has 8 nitrogen and oxygen atoms in total. The van der Waals surface area contributed by atoms with Gasteiger partial charge in [0.2, 0.25) is 5.91 Å². The zero-order valence-electron chi connectivity index (χ0n) is 15.9. The molecule has 30 heavy (non-hydrogen) atoms. The van der Waals surface area contributed by atoms with Crippen LogP contribution in [0.25, 0.3) is 10.9 Å². The van der Waals surface area contributed by atoms with Gasteiger partial charge in [-0.15, -0.1) is 5.10 Å². The van der Waals surface area contributed by atoms with Gasteiger partial charge in [0.25, 0.3) is 5.56 Å². The van der Waals surface area contributed by atoms with Crippen LogP contribution >= 0.6 is 11.8 Å². The molecule has 1 amide bonds. The van der Waals surface area contributed by atoms with Crippen LogP contribution in [0.2, 0.25) is 0 Å². The molecule has 0 bridgehead atoms. The zero-order chi connectivity index (χ0) is 21.1. The van der Waals surface area contributed by atoms with Crippen LogP contribution in [0.3, 0.4) is 0 Å². The molecule has 0 spiro atoms. The van der Waals surface area contributed by atoms with E-state index in [1.807, 2.05) is 11.6 Å². The van der Waals surface area contributed by atoms with Crippen LogP contribution in [-0.2, 0) is 18.4 Å². The molecular formula is C20H17FN6O2S. The molecule has 0 unspecified atom stereocenters. The lowest BCUT2D eigenvalue weighted by Gasteiger charge is -2.11. The van der Waals surface area contributed by atoms with Crippen molar-refractivity contribution in [2.75, 3.05) is 5.32 Å². The lowest BCUT2D eigenvalue weighted by Crippen LogP contribution is -2.26. The quantitative estimate of drug-likeness (QED) is 0.512. The van der Waals surface area contributed by atoms with Crippen LogP contribution in [0.4, 0.5) is 10.1 Å². The van der Waals surface area contributed by atoms with E-state index in [0.717, 1.165) is 4.68 Å². The van der Waals surface area contributed by atoms with E-state index in [-0.39, 0.29) is 24.4 Å².